The summed E-state index contributed by atoms with van der Waals surface area (Å²) in [6, 6.07) is 27.0. The Balaban J connectivity index is 0.000000343. The summed E-state index contributed by atoms with van der Waals surface area (Å²) in [5.41, 5.74) is -1.60. The average Bonchev–Trinajstić information content (AvgIpc) is 2.65. The number of hydrogen-bond donors (Lipinski definition) is 1. The van der Waals surface area contributed by atoms with E-state index in [1.54, 1.807) is 0 Å². The van der Waals surface area contributed by atoms with Crippen LogP contribution in [-0.2, 0) is 10.1 Å². The Morgan fingerprint density at radius 2 is 0.833 bits per heavy atom. The fraction of sp³-hybridized carbons (Fsp3) is 0.182. The normalized spacial score (nSPS) is 11.7. The van der Waals surface area contributed by atoms with Crippen molar-refractivity contribution in [2.24, 2.45) is 0 Å². The molecule has 0 amide bonds. The zero-order chi connectivity index (χ0) is 22.5. The van der Waals surface area contributed by atoms with Crippen LogP contribution in [0.3, 0.4) is 0 Å². The Bertz CT molecular complexity index is 952. The molecule has 0 saturated heterocycles. The molecule has 0 saturated carbocycles. The van der Waals surface area contributed by atoms with Crippen molar-refractivity contribution >= 4 is 34.0 Å². The third-order valence-electron chi connectivity index (χ3n) is 4.17. The Labute approximate surface area is 176 Å². The van der Waals surface area contributed by atoms with Crippen LogP contribution in [0.5, 0.6) is 0 Å². The van der Waals surface area contributed by atoms with Gasteiger partial charge in [-0.1, -0.05) is 89.5 Å². The molecule has 0 bridgehead atoms. The van der Waals surface area contributed by atoms with E-state index in [0.29, 0.717) is 0 Å². The lowest BCUT2D eigenvalue weighted by atomic mass is 10.2. The molecule has 0 unspecified atom stereocenters. The van der Waals surface area contributed by atoms with Gasteiger partial charge in [0.2, 0.25) is 0 Å². The number of hydrogen-bond acceptors (Lipinski definition) is 2. The molecule has 3 aromatic rings. The quantitative estimate of drug-likeness (QED) is 0.353. The second kappa shape index (κ2) is 9.73. The van der Waals surface area contributed by atoms with E-state index in [4.69, 9.17) is 13.0 Å². The molecule has 30 heavy (non-hydrogen) atoms. The van der Waals surface area contributed by atoms with Crippen LogP contribution in [0, 0.1) is 20.8 Å². The van der Waals surface area contributed by atoms with Crippen molar-refractivity contribution in [3.63, 3.8) is 0 Å². The number of benzene rings is 3. The van der Waals surface area contributed by atoms with Crippen molar-refractivity contribution in [2.75, 3.05) is 0 Å². The SMILES string of the molecule is Cc1ccc(P(c2ccc(C)cc2)c2ccc(C)cc2)cc1.O=S(=O)(O)C(F)(F)F. The minimum absolute atomic E-state index is 0.483. The zero-order valence-electron chi connectivity index (χ0n) is 16.7. The summed E-state index contributed by atoms with van der Waals surface area (Å²) in [5.74, 6) is 0. The van der Waals surface area contributed by atoms with Crippen LogP contribution in [0.2, 0.25) is 0 Å². The predicted molar refractivity (Wildman–Crippen MR) is 117 cm³/mol. The molecular weight excluding hydrogens is 432 g/mol. The van der Waals surface area contributed by atoms with Crippen LogP contribution >= 0.6 is 7.92 Å². The molecule has 3 rings (SSSR count). The lowest BCUT2D eigenvalue weighted by Crippen LogP contribution is -2.21. The Hall–Kier alpha value is -2.21. The van der Waals surface area contributed by atoms with Crippen molar-refractivity contribution < 1.29 is 26.1 Å². The van der Waals surface area contributed by atoms with Crippen LogP contribution in [0.4, 0.5) is 13.2 Å². The third-order valence-corrected chi connectivity index (χ3v) is 7.20. The molecule has 3 nitrogen and oxygen atoms in total. The number of alkyl halides is 3. The highest BCUT2D eigenvalue weighted by Crippen LogP contribution is 2.33. The molecule has 0 atom stereocenters. The van der Waals surface area contributed by atoms with Gasteiger partial charge in [0, 0.05) is 0 Å². The smallest absolute Gasteiger partial charge is 0.279 e. The molecule has 1 N–H and O–H groups in total. The standard InChI is InChI=1S/C21H21P.CHF3O3S/c1-16-4-10-19(11-5-16)22(20-12-6-17(2)7-13-20)21-14-8-18(3)9-15-21;2-1(3,4)8(5,6)7/h4-15H,1-3H3;(H,5,6,7). The largest absolute Gasteiger partial charge is 0.522 e. The van der Waals surface area contributed by atoms with Crippen LogP contribution in [-0.4, -0.2) is 18.5 Å². The summed E-state index contributed by atoms with van der Waals surface area (Å²) >= 11 is 0. The van der Waals surface area contributed by atoms with Gasteiger partial charge in [-0.2, -0.15) is 21.6 Å². The van der Waals surface area contributed by atoms with E-state index in [-0.39, 0.29) is 0 Å². The molecule has 0 heterocycles. The van der Waals surface area contributed by atoms with Gasteiger partial charge in [-0.15, -0.1) is 0 Å². The third kappa shape index (κ3) is 6.66. The number of rotatable bonds is 3. The van der Waals surface area contributed by atoms with Crippen LogP contribution < -0.4 is 15.9 Å². The zero-order valence-corrected chi connectivity index (χ0v) is 18.4. The Kier molecular flexibility index (Phi) is 7.81. The molecule has 3 aromatic carbocycles. The van der Waals surface area contributed by atoms with Crippen molar-refractivity contribution in [1.29, 1.82) is 0 Å². The first-order valence-electron chi connectivity index (χ1n) is 8.92. The van der Waals surface area contributed by atoms with Crippen molar-refractivity contribution in [3.05, 3.63) is 89.5 Å². The van der Waals surface area contributed by atoms with E-state index >= 15 is 0 Å². The molecule has 0 aliphatic rings. The maximum Gasteiger partial charge on any atom is 0.522 e. The highest BCUT2D eigenvalue weighted by Gasteiger charge is 2.44. The molecule has 0 aliphatic heterocycles. The van der Waals surface area contributed by atoms with E-state index in [1.807, 2.05) is 0 Å². The first-order valence-corrected chi connectivity index (χ1v) is 11.7. The molecule has 8 heteroatoms. The van der Waals surface area contributed by atoms with Crippen molar-refractivity contribution in [2.45, 2.75) is 26.3 Å². The van der Waals surface area contributed by atoms with Crippen LogP contribution in [0.25, 0.3) is 0 Å². The summed E-state index contributed by atoms with van der Waals surface area (Å²) in [6.07, 6.45) is 0. The lowest BCUT2D eigenvalue weighted by Gasteiger charge is -2.20. The second-order valence-electron chi connectivity index (χ2n) is 6.76. The van der Waals surface area contributed by atoms with E-state index < -0.39 is 23.5 Å². The summed E-state index contributed by atoms with van der Waals surface area (Å²) in [4.78, 5) is 0. The van der Waals surface area contributed by atoms with Gasteiger partial charge in [0.05, 0.1) is 0 Å². The van der Waals surface area contributed by atoms with Crippen molar-refractivity contribution in [1.82, 2.24) is 0 Å². The summed E-state index contributed by atoms with van der Waals surface area (Å²) < 4.78 is 57.5. The average molecular weight is 454 g/mol. The van der Waals surface area contributed by atoms with Gasteiger partial charge < -0.3 is 0 Å². The maximum absolute atomic E-state index is 10.7. The minimum atomic E-state index is -5.84. The summed E-state index contributed by atoms with van der Waals surface area (Å²) in [5, 5.41) is 4.23. The van der Waals surface area contributed by atoms with Crippen LogP contribution in [0.1, 0.15) is 16.7 Å². The minimum Gasteiger partial charge on any atom is -0.279 e. The van der Waals surface area contributed by atoms with E-state index in [0.717, 1.165) is 0 Å². The summed E-state index contributed by atoms with van der Waals surface area (Å²) in [6.45, 7) is 6.43. The molecule has 0 aliphatic carbocycles. The first-order chi connectivity index (χ1) is 13.9. The fourth-order valence-corrected chi connectivity index (χ4v) is 4.76. The number of halogens is 3. The molecule has 0 radical (unpaired) electrons. The Morgan fingerprint density at radius 3 is 1.00 bits per heavy atom. The Morgan fingerprint density at radius 1 is 0.633 bits per heavy atom. The molecule has 0 spiro atoms. The second-order valence-corrected chi connectivity index (χ2v) is 10.4. The molecule has 160 valence electrons. The van der Waals surface area contributed by atoms with E-state index in [2.05, 4.69) is 93.6 Å². The van der Waals surface area contributed by atoms with Gasteiger partial charge in [-0.3, -0.25) is 4.55 Å². The fourth-order valence-electron chi connectivity index (χ4n) is 2.53. The van der Waals surface area contributed by atoms with Gasteiger partial charge in [0.15, 0.2) is 0 Å². The van der Waals surface area contributed by atoms with Crippen molar-refractivity contribution in [3.8, 4) is 0 Å². The predicted octanol–water partition coefficient (Wildman–Crippen LogP) is 4.76. The van der Waals surface area contributed by atoms with Gasteiger partial charge in [0.25, 0.3) is 0 Å². The van der Waals surface area contributed by atoms with Gasteiger partial charge in [-0.25, -0.2) is 0 Å². The number of aryl methyl sites for hydroxylation is 3. The van der Waals surface area contributed by atoms with Gasteiger partial charge in [-0.05, 0) is 44.6 Å². The van der Waals surface area contributed by atoms with E-state index in [9.17, 15) is 13.2 Å². The maximum atomic E-state index is 10.7. The highest BCUT2D eigenvalue weighted by molar-refractivity contribution is 7.86. The topological polar surface area (TPSA) is 54.4 Å². The van der Waals surface area contributed by atoms with Crippen LogP contribution in [0.15, 0.2) is 72.8 Å². The van der Waals surface area contributed by atoms with E-state index in [1.165, 1.54) is 32.6 Å². The molecular formula is C22H22F3O3PS. The monoisotopic (exact) mass is 454 g/mol. The molecule has 0 aromatic heterocycles. The molecule has 0 fully saturated rings. The lowest BCUT2D eigenvalue weighted by molar-refractivity contribution is -0.0510. The van der Waals surface area contributed by atoms with Gasteiger partial charge in [0.1, 0.15) is 0 Å². The summed E-state index contributed by atoms with van der Waals surface area (Å²) in [7, 11) is -6.32. The van der Waals surface area contributed by atoms with Gasteiger partial charge >= 0.3 is 15.6 Å². The highest BCUT2D eigenvalue weighted by atomic mass is 32.2. The first kappa shape index (κ1) is 24.1.